The summed E-state index contributed by atoms with van der Waals surface area (Å²) in [6.07, 6.45) is 3.22. The van der Waals surface area contributed by atoms with Gasteiger partial charge in [0.15, 0.2) is 5.82 Å². The van der Waals surface area contributed by atoms with E-state index in [1.54, 1.807) is 24.5 Å². The van der Waals surface area contributed by atoms with Crippen LogP contribution in [0.3, 0.4) is 0 Å². The van der Waals surface area contributed by atoms with E-state index in [-0.39, 0.29) is 5.82 Å². The van der Waals surface area contributed by atoms with Crippen molar-refractivity contribution in [2.75, 3.05) is 5.73 Å². The molecule has 6 heteroatoms. The molecule has 0 aliphatic carbocycles. The Bertz CT molecular complexity index is 733. The van der Waals surface area contributed by atoms with Gasteiger partial charge in [-0.1, -0.05) is 0 Å². The first-order valence-corrected chi connectivity index (χ1v) is 5.86. The van der Waals surface area contributed by atoms with Crippen molar-refractivity contribution in [2.45, 2.75) is 0 Å². The standard InChI is InChI=1S/C14H10F2N4/c15-10-5-9(6-11(16)7-10)13-12(14(17)20-19-13)8-1-3-18-4-2-8/h1-7H,(H3,17,19,20). The Hall–Kier alpha value is -2.76. The zero-order valence-corrected chi connectivity index (χ0v) is 10.3. The molecule has 100 valence electrons. The third-order valence-corrected chi connectivity index (χ3v) is 2.91. The Balaban J connectivity index is 2.21. The highest BCUT2D eigenvalue weighted by molar-refractivity contribution is 5.87. The lowest BCUT2D eigenvalue weighted by atomic mass is 10.0. The van der Waals surface area contributed by atoms with Gasteiger partial charge >= 0.3 is 0 Å². The second-order valence-electron chi connectivity index (χ2n) is 4.25. The van der Waals surface area contributed by atoms with Crippen molar-refractivity contribution in [3.63, 3.8) is 0 Å². The van der Waals surface area contributed by atoms with Gasteiger partial charge in [-0.05, 0) is 29.8 Å². The van der Waals surface area contributed by atoms with E-state index in [0.717, 1.165) is 11.6 Å². The van der Waals surface area contributed by atoms with Gasteiger partial charge in [-0.3, -0.25) is 10.1 Å². The Kier molecular flexibility index (Phi) is 2.90. The topological polar surface area (TPSA) is 67.6 Å². The van der Waals surface area contributed by atoms with Gasteiger partial charge in [0.1, 0.15) is 11.6 Å². The van der Waals surface area contributed by atoms with E-state index in [1.807, 2.05) is 0 Å². The van der Waals surface area contributed by atoms with Crippen LogP contribution in [0.5, 0.6) is 0 Å². The molecule has 0 bridgehead atoms. The van der Waals surface area contributed by atoms with Crippen LogP contribution in [0.1, 0.15) is 0 Å². The Labute approximate surface area is 113 Å². The minimum Gasteiger partial charge on any atom is -0.382 e. The van der Waals surface area contributed by atoms with Crippen LogP contribution in [-0.4, -0.2) is 15.2 Å². The van der Waals surface area contributed by atoms with E-state index in [9.17, 15) is 8.78 Å². The molecular formula is C14H10F2N4. The summed E-state index contributed by atoms with van der Waals surface area (Å²) < 4.78 is 26.7. The monoisotopic (exact) mass is 272 g/mol. The fourth-order valence-electron chi connectivity index (χ4n) is 2.07. The van der Waals surface area contributed by atoms with Gasteiger partial charge in [-0.25, -0.2) is 8.78 Å². The predicted molar refractivity (Wildman–Crippen MR) is 71.6 cm³/mol. The summed E-state index contributed by atoms with van der Waals surface area (Å²) >= 11 is 0. The molecule has 1 aromatic carbocycles. The van der Waals surface area contributed by atoms with Crippen LogP contribution in [0.4, 0.5) is 14.6 Å². The summed E-state index contributed by atoms with van der Waals surface area (Å²) in [6, 6.07) is 6.76. The molecule has 0 spiro atoms. The van der Waals surface area contributed by atoms with Gasteiger partial charge in [0.05, 0.1) is 11.3 Å². The molecule has 0 fully saturated rings. The maximum absolute atomic E-state index is 13.3. The second kappa shape index (κ2) is 4.73. The van der Waals surface area contributed by atoms with E-state index in [1.165, 1.54) is 12.1 Å². The number of benzene rings is 1. The van der Waals surface area contributed by atoms with Crippen LogP contribution < -0.4 is 5.73 Å². The first-order valence-electron chi connectivity index (χ1n) is 5.86. The minimum atomic E-state index is -0.658. The number of halogens is 2. The molecule has 0 amide bonds. The number of nitrogens with one attached hydrogen (secondary N) is 1. The highest BCUT2D eigenvalue weighted by Gasteiger charge is 2.15. The fraction of sp³-hybridized carbons (Fsp3) is 0. The summed E-state index contributed by atoms with van der Waals surface area (Å²) in [6.45, 7) is 0. The molecule has 4 nitrogen and oxygen atoms in total. The highest BCUT2D eigenvalue weighted by Crippen LogP contribution is 2.34. The Morgan fingerprint density at radius 2 is 1.60 bits per heavy atom. The van der Waals surface area contributed by atoms with Crippen molar-refractivity contribution < 1.29 is 8.78 Å². The molecule has 2 heterocycles. The molecule has 3 aromatic rings. The van der Waals surface area contributed by atoms with Gasteiger partial charge in [-0.2, -0.15) is 5.10 Å². The van der Waals surface area contributed by atoms with Crippen molar-refractivity contribution in [2.24, 2.45) is 0 Å². The van der Waals surface area contributed by atoms with Gasteiger partial charge in [0.25, 0.3) is 0 Å². The first-order chi connectivity index (χ1) is 9.65. The summed E-state index contributed by atoms with van der Waals surface area (Å²) in [5.74, 6) is -1.06. The molecule has 2 aromatic heterocycles. The largest absolute Gasteiger partial charge is 0.382 e. The lowest BCUT2D eigenvalue weighted by Crippen LogP contribution is -1.90. The van der Waals surface area contributed by atoms with Crippen LogP contribution in [-0.2, 0) is 0 Å². The molecule has 0 unspecified atom stereocenters. The summed E-state index contributed by atoms with van der Waals surface area (Å²) in [7, 11) is 0. The number of pyridine rings is 1. The van der Waals surface area contributed by atoms with Crippen molar-refractivity contribution in [3.05, 3.63) is 54.4 Å². The van der Waals surface area contributed by atoms with Crippen LogP contribution in [0.25, 0.3) is 22.4 Å². The number of hydrogen-bond donors (Lipinski definition) is 2. The van der Waals surface area contributed by atoms with Crippen LogP contribution in [0.15, 0.2) is 42.7 Å². The smallest absolute Gasteiger partial charge is 0.153 e. The fourth-order valence-corrected chi connectivity index (χ4v) is 2.07. The Morgan fingerprint density at radius 1 is 0.950 bits per heavy atom. The summed E-state index contributed by atoms with van der Waals surface area (Å²) in [5, 5.41) is 6.63. The summed E-state index contributed by atoms with van der Waals surface area (Å²) in [5.41, 5.74) is 8.01. The SMILES string of the molecule is Nc1n[nH]c(-c2cc(F)cc(F)c2)c1-c1ccncc1. The molecule has 0 atom stereocenters. The maximum atomic E-state index is 13.3. The first kappa shape index (κ1) is 12.3. The number of nitrogens with zero attached hydrogens (tertiary/aromatic N) is 2. The molecule has 0 saturated carbocycles. The minimum absolute atomic E-state index is 0.260. The lowest BCUT2D eigenvalue weighted by molar-refractivity contribution is 0.584. The zero-order chi connectivity index (χ0) is 14.1. The number of anilines is 1. The maximum Gasteiger partial charge on any atom is 0.153 e. The van der Waals surface area contributed by atoms with E-state index < -0.39 is 11.6 Å². The number of aromatic nitrogens is 3. The quantitative estimate of drug-likeness (QED) is 0.753. The third-order valence-electron chi connectivity index (χ3n) is 2.91. The Morgan fingerprint density at radius 3 is 2.25 bits per heavy atom. The van der Waals surface area contributed by atoms with Crippen molar-refractivity contribution in [1.29, 1.82) is 0 Å². The zero-order valence-electron chi connectivity index (χ0n) is 10.3. The van der Waals surface area contributed by atoms with Crippen molar-refractivity contribution in [1.82, 2.24) is 15.2 Å². The van der Waals surface area contributed by atoms with Gasteiger partial charge in [-0.15, -0.1) is 0 Å². The van der Waals surface area contributed by atoms with E-state index >= 15 is 0 Å². The molecule has 0 saturated heterocycles. The van der Waals surface area contributed by atoms with Crippen molar-refractivity contribution in [3.8, 4) is 22.4 Å². The second-order valence-corrected chi connectivity index (χ2v) is 4.25. The molecule has 3 rings (SSSR count). The summed E-state index contributed by atoms with van der Waals surface area (Å²) in [4.78, 5) is 3.92. The van der Waals surface area contributed by atoms with Crippen LogP contribution in [0, 0.1) is 11.6 Å². The molecule has 3 N–H and O–H groups in total. The van der Waals surface area contributed by atoms with Crippen LogP contribution in [0.2, 0.25) is 0 Å². The third kappa shape index (κ3) is 2.11. The van der Waals surface area contributed by atoms with E-state index in [4.69, 9.17) is 5.73 Å². The van der Waals surface area contributed by atoms with Crippen LogP contribution >= 0.6 is 0 Å². The van der Waals surface area contributed by atoms with E-state index in [2.05, 4.69) is 15.2 Å². The van der Waals surface area contributed by atoms with Gasteiger partial charge in [0, 0.05) is 24.0 Å². The average Bonchev–Trinajstić information content (AvgIpc) is 2.80. The number of nitrogen functional groups attached to an aromatic ring is 1. The highest BCUT2D eigenvalue weighted by atomic mass is 19.1. The number of rotatable bonds is 2. The normalized spacial score (nSPS) is 10.7. The molecular weight excluding hydrogens is 262 g/mol. The van der Waals surface area contributed by atoms with Gasteiger partial charge in [0.2, 0.25) is 0 Å². The molecule has 0 aliphatic heterocycles. The molecule has 0 radical (unpaired) electrons. The molecule has 0 aliphatic rings. The number of nitrogens with two attached hydrogens (primary N) is 1. The number of H-pyrrole nitrogens is 1. The molecule has 20 heavy (non-hydrogen) atoms. The van der Waals surface area contributed by atoms with Crippen molar-refractivity contribution >= 4 is 5.82 Å². The number of aromatic amines is 1. The van der Waals surface area contributed by atoms with E-state index in [0.29, 0.717) is 16.8 Å². The lowest BCUT2D eigenvalue weighted by Gasteiger charge is -2.05. The number of hydrogen-bond acceptors (Lipinski definition) is 3. The van der Waals surface area contributed by atoms with Gasteiger partial charge < -0.3 is 5.73 Å². The average molecular weight is 272 g/mol. The predicted octanol–water partition coefficient (Wildman–Crippen LogP) is 3.00.